The Kier molecular flexibility index (Phi) is 15.9. The highest BCUT2D eigenvalue weighted by Gasteiger charge is 2.17. The van der Waals surface area contributed by atoms with Crippen molar-refractivity contribution in [2.24, 2.45) is 29.2 Å². The van der Waals surface area contributed by atoms with E-state index in [4.69, 9.17) is 11.5 Å². The van der Waals surface area contributed by atoms with E-state index in [1.165, 1.54) is 52.0 Å². The number of hydrogen-bond donors (Lipinski definition) is 2. The van der Waals surface area contributed by atoms with Crippen LogP contribution in [-0.2, 0) is 0 Å². The van der Waals surface area contributed by atoms with Gasteiger partial charge in [0.25, 0.3) is 0 Å². The van der Waals surface area contributed by atoms with Crippen LogP contribution in [0.15, 0.2) is 0 Å². The molecule has 1 fully saturated rings. The van der Waals surface area contributed by atoms with Gasteiger partial charge in [0.1, 0.15) is 0 Å². The summed E-state index contributed by atoms with van der Waals surface area (Å²) in [6, 6.07) is 0. The van der Waals surface area contributed by atoms with Gasteiger partial charge in [-0.2, -0.15) is 0 Å². The molecule has 0 amide bonds. The molecule has 4 nitrogen and oxygen atoms in total. The molecule has 0 spiro atoms. The second-order valence-corrected chi connectivity index (χ2v) is 8.55. The Morgan fingerprint density at radius 1 is 1.00 bits per heavy atom. The normalized spacial score (nSPS) is 18.7. The zero-order valence-corrected chi connectivity index (χ0v) is 18.0. The van der Waals surface area contributed by atoms with Crippen molar-refractivity contribution in [3.63, 3.8) is 0 Å². The molecule has 1 heterocycles. The Hall–Kier alpha value is -0.160. The molecule has 0 saturated carbocycles. The van der Waals surface area contributed by atoms with E-state index in [9.17, 15) is 0 Å². The minimum atomic E-state index is 0.761. The fourth-order valence-electron chi connectivity index (χ4n) is 3.61. The lowest BCUT2D eigenvalue weighted by molar-refractivity contribution is 0.171. The molecule has 0 aromatic carbocycles. The quantitative estimate of drug-likeness (QED) is 0.596. The van der Waals surface area contributed by atoms with Gasteiger partial charge in [0, 0.05) is 19.6 Å². The molecule has 0 aromatic rings. The molecule has 0 aromatic heterocycles. The molecule has 0 aliphatic carbocycles. The predicted octanol–water partition coefficient (Wildman–Crippen LogP) is 3.41. The highest BCUT2D eigenvalue weighted by Crippen LogP contribution is 2.18. The van der Waals surface area contributed by atoms with E-state index in [1.807, 2.05) is 0 Å². The van der Waals surface area contributed by atoms with Crippen molar-refractivity contribution < 1.29 is 0 Å². The van der Waals surface area contributed by atoms with Gasteiger partial charge >= 0.3 is 0 Å². The second kappa shape index (κ2) is 16.0. The maximum absolute atomic E-state index is 5.51. The monoisotopic (exact) mass is 356 g/mol. The summed E-state index contributed by atoms with van der Waals surface area (Å²) in [6.07, 6.45) is 6.47. The highest BCUT2D eigenvalue weighted by atomic mass is 15.1. The van der Waals surface area contributed by atoms with Crippen LogP contribution < -0.4 is 11.5 Å². The molecule has 152 valence electrons. The van der Waals surface area contributed by atoms with E-state index < -0.39 is 0 Å². The van der Waals surface area contributed by atoms with Gasteiger partial charge in [0.2, 0.25) is 0 Å². The zero-order valence-electron chi connectivity index (χ0n) is 18.0. The minimum Gasteiger partial charge on any atom is -0.330 e. The van der Waals surface area contributed by atoms with Crippen molar-refractivity contribution in [2.75, 3.05) is 52.4 Å². The Labute approximate surface area is 158 Å². The van der Waals surface area contributed by atoms with Gasteiger partial charge in [-0.25, -0.2) is 0 Å². The average Bonchev–Trinajstić information content (AvgIpc) is 2.57. The summed E-state index contributed by atoms with van der Waals surface area (Å²) in [5.41, 5.74) is 11.0. The number of rotatable bonds is 11. The second-order valence-electron chi connectivity index (χ2n) is 8.55. The summed E-state index contributed by atoms with van der Waals surface area (Å²) in [4.78, 5) is 5.10. The topological polar surface area (TPSA) is 58.5 Å². The van der Waals surface area contributed by atoms with Gasteiger partial charge in [-0.1, -0.05) is 41.0 Å². The van der Waals surface area contributed by atoms with Crippen molar-refractivity contribution in [3.05, 3.63) is 0 Å². The summed E-state index contributed by atoms with van der Waals surface area (Å²) in [5, 5.41) is 0. The predicted molar refractivity (Wildman–Crippen MR) is 113 cm³/mol. The maximum atomic E-state index is 5.51. The SMILES string of the molecule is CC(C)CN(CCCN)CC(C)C.CCC1CCCN(CCCN)C1. The lowest BCUT2D eigenvalue weighted by atomic mass is 9.95. The van der Waals surface area contributed by atoms with Crippen LogP contribution in [-0.4, -0.2) is 62.2 Å². The van der Waals surface area contributed by atoms with Crippen LogP contribution in [0.25, 0.3) is 0 Å². The van der Waals surface area contributed by atoms with Crippen LogP contribution in [0.5, 0.6) is 0 Å². The standard InChI is InChI=1S/C11H26N2.C10H22N2/c1-10(2)8-13(7-5-6-12)9-11(3)4;1-2-10-5-3-7-12(9-10)8-4-6-11/h10-11H,5-9,12H2,1-4H3;10H,2-9,11H2,1H3. The van der Waals surface area contributed by atoms with Crippen molar-refractivity contribution in [3.8, 4) is 0 Å². The number of hydrogen-bond acceptors (Lipinski definition) is 4. The molecule has 25 heavy (non-hydrogen) atoms. The van der Waals surface area contributed by atoms with Crippen molar-refractivity contribution >= 4 is 0 Å². The number of nitrogens with two attached hydrogens (primary N) is 2. The molecule has 1 aliphatic heterocycles. The van der Waals surface area contributed by atoms with Crippen LogP contribution in [0.3, 0.4) is 0 Å². The highest BCUT2D eigenvalue weighted by molar-refractivity contribution is 4.71. The third kappa shape index (κ3) is 14.7. The van der Waals surface area contributed by atoms with Crippen molar-refractivity contribution in [2.45, 2.75) is 66.7 Å². The fraction of sp³-hybridized carbons (Fsp3) is 1.00. The van der Waals surface area contributed by atoms with E-state index in [2.05, 4.69) is 44.4 Å². The summed E-state index contributed by atoms with van der Waals surface area (Å²) in [6.45, 7) is 20.5. The van der Waals surface area contributed by atoms with Gasteiger partial charge in [-0.05, 0) is 76.2 Å². The van der Waals surface area contributed by atoms with E-state index in [-0.39, 0.29) is 0 Å². The van der Waals surface area contributed by atoms with E-state index in [0.29, 0.717) is 0 Å². The first-order valence-corrected chi connectivity index (χ1v) is 10.8. The summed E-state index contributed by atoms with van der Waals surface area (Å²) >= 11 is 0. The molecule has 1 aliphatic rings. The third-order valence-electron chi connectivity index (χ3n) is 4.78. The smallest absolute Gasteiger partial charge is 0.000957 e. The van der Waals surface area contributed by atoms with Crippen LogP contribution >= 0.6 is 0 Å². The van der Waals surface area contributed by atoms with Crippen LogP contribution in [0.1, 0.15) is 66.7 Å². The molecule has 1 unspecified atom stereocenters. The Balaban J connectivity index is 0.000000462. The summed E-state index contributed by atoms with van der Waals surface area (Å²) < 4.78 is 0. The molecule has 0 radical (unpaired) electrons. The Morgan fingerprint density at radius 2 is 1.60 bits per heavy atom. The van der Waals surface area contributed by atoms with Crippen LogP contribution in [0.2, 0.25) is 0 Å². The average molecular weight is 357 g/mol. The number of piperidine rings is 1. The third-order valence-corrected chi connectivity index (χ3v) is 4.78. The van der Waals surface area contributed by atoms with Crippen molar-refractivity contribution in [1.29, 1.82) is 0 Å². The van der Waals surface area contributed by atoms with E-state index in [1.54, 1.807) is 0 Å². The van der Waals surface area contributed by atoms with Crippen LogP contribution in [0.4, 0.5) is 0 Å². The first kappa shape index (κ1) is 24.8. The molecule has 4 heteroatoms. The van der Waals surface area contributed by atoms with Gasteiger partial charge in [-0.15, -0.1) is 0 Å². The van der Waals surface area contributed by atoms with Crippen LogP contribution in [0, 0.1) is 17.8 Å². The lowest BCUT2D eigenvalue weighted by Crippen LogP contribution is -2.36. The molecule has 4 N–H and O–H groups in total. The maximum Gasteiger partial charge on any atom is 0.000957 e. The molecular formula is C21H48N4. The lowest BCUT2D eigenvalue weighted by Gasteiger charge is -2.32. The fourth-order valence-corrected chi connectivity index (χ4v) is 3.61. The van der Waals surface area contributed by atoms with E-state index >= 15 is 0 Å². The molecule has 1 rings (SSSR count). The van der Waals surface area contributed by atoms with Gasteiger partial charge in [0.05, 0.1) is 0 Å². The number of likely N-dealkylation sites (tertiary alicyclic amines) is 1. The van der Waals surface area contributed by atoms with Gasteiger partial charge < -0.3 is 21.3 Å². The molecule has 1 saturated heterocycles. The largest absolute Gasteiger partial charge is 0.330 e. The summed E-state index contributed by atoms with van der Waals surface area (Å²) in [5.74, 6) is 2.48. The Bertz CT molecular complexity index is 271. The molecular weight excluding hydrogens is 308 g/mol. The van der Waals surface area contributed by atoms with Crippen molar-refractivity contribution in [1.82, 2.24) is 9.80 Å². The first-order valence-electron chi connectivity index (χ1n) is 10.8. The van der Waals surface area contributed by atoms with Gasteiger partial charge in [-0.3, -0.25) is 0 Å². The van der Waals surface area contributed by atoms with Gasteiger partial charge in [0.15, 0.2) is 0 Å². The molecule has 1 atom stereocenters. The molecule has 0 bridgehead atoms. The first-order chi connectivity index (χ1) is 11.9. The zero-order chi connectivity index (χ0) is 19.1. The number of nitrogens with zero attached hydrogens (tertiary/aromatic N) is 2. The Morgan fingerprint density at radius 3 is 2.08 bits per heavy atom. The van der Waals surface area contributed by atoms with E-state index in [0.717, 1.165) is 50.2 Å². The minimum absolute atomic E-state index is 0.761. The summed E-state index contributed by atoms with van der Waals surface area (Å²) in [7, 11) is 0.